The third-order valence-corrected chi connectivity index (χ3v) is 4.61. The number of rotatable bonds is 4. The fourth-order valence-corrected chi connectivity index (χ4v) is 3.30. The van der Waals surface area contributed by atoms with Crippen LogP contribution in [0.3, 0.4) is 0 Å². The number of nitrogens with one attached hydrogen (secondary N) is 1. The first kappa shape index (κ1) is 15.7. The van der Waals surface area contributed by atoms with Crippen molar-refractivity contribution < 1.29 is 22.7 Å². The summed E-state index contributed by atoms with van der Waals surface area (Å²) in [4.78, 5) is 10.1. The molecule has 0 aliphatic carbocycles. The zero-order chi connectivity index (χ0) is 15.6. The maximum absolute atomic E-state index is 13.7. The molecule has 2 aromatic rings. The summed E-state index contributed by atoms with van der Waals surface area (Å²) >= 11 is 2.01. The monoisotopic (exact) mass is 421 g/mol. The van der Waals surface area contributed by atoms with Crippen molar-refractivity contribution in [3.63, 3.8) is 0 Å². The molecule has 0 aliphatic heterocycles. The van der Waals surface area contributed by atoms with E-state index in [4.69, 9.17) is 5.11 Å². The van der Waals surface area contributed by atoms with E-state index in [1.807, 2.05) is 22.6 Å². The van der Waals surface area contributed by atoms with Crippen LogP contribution in [0.2, 0.25) is 0 Å². The van der Waals surface area contributed by atoms with Gasteiger partial charge in [-0.1, -0.05) is 6.07 Å². The summed E-state index contributed by atoms with van der Waals surface area (Å²) < 4.78 is 41.0. The molecule has 0 amide bonds. The van der Waals surface area contributed by atoms with E-state index in [9.17, 15) is 17.6 Å². The first-order valence-electron chi connectivity index (χ1n) is 5.61. The summed E-state index contributed by atoms with van der Waals surface area (Å²) in [6, 6.07) is 9.09. The molecule has 2 aromatic carbocycles. The smallest absolute Gasteiger partial charge is 0.335 e. The van der Waals surface area contributed by atoms with Crippen LogP contribution < -0.4 is 4.72 Å². The average Bonchev–Trinajstić information content (AvgIpc) is 2.38. The van der Waals surface area contributed by atoms with Crippen molar-refractivity contribution in [3.8, 4) is 0 Å². The molecule has 0 aliphatic rings. The van der Waals surface area contributed by atoms with Gasteiger partial charge in [0, 0.05) is 9.26 Å². The number of benzene rings is 2. The number of hydrogen-bond donors (Lipinski definition) is 2. The summed E-state index contributed by atoms with van der Waals surface area (Å²) in [6.45, 7) is 0. The molecule has 0 atom stereocenters. The van der Waals surface area contributed by atoms with Crippen LogP contribution in [-0.4, -0.2) is 19.5 Å². The fourth-order valence-electron chi connectivity index (χ4n) is 1.60. The Morgan fingerprint density at radius 1 is 1.19 bits per heavy atom. The Hall–Kier alpha value is -1.68. The highest BCUT2D eigenvalue weighted by Gasteiger charge is 2.21. The molecule has 2 N–H and O–H groups in total. The topological polar surface area (TPSA) is 83.5 Å². The van der Waals surface area contributed by atoms with Crippen molar-refractivity contribution in [1.82, 2.24) is 0 Å². The minimum Gasteiger partial charge on any atom is -0.478 e. The Morgan fingerprint density at radius 2 is 1.90 bits per heavy atom. The van der Waals surface area contributed by atoms with E-state index in [1.165, 1.54) is 6.07 Å². The zero-order valence-electron chi connectivity index (χ0n) is 10.4. The molecule has 0 aromatic heterocycles. The van der Waals surface area contributed by atoms with Gasteiger partial charge in [-0.2, -0.15) is 0 Å². The van der Waals surface area contributed by atoms with Crippen molar-refractivity contribution in [1.29, 1.82) is 0 Å². The number of carboxylic acid groups (broad SMARTS) is 1. The van der Waals surface area contributed by atoms with Gasteiger partial charge in [0.15, 0.2) is 0 Å². The van der Waals surface area contributed by atoms with E-state index in [0.29, 0.717) is 0 Å². The molecule has 0 bridgehead atoms. The second-order valence-electron chi connectivity index (χ2n) is 4.07. The van der Waals surface area contributed by atoms with Gasteiger partial charge in [0.1, 0.15) is 10.7 Å². The molecular formula is C13H9FINO4S. The van der Waals surface area contributed by atoms with Crippen LogP contribution in [0.4, 0.5) is 10.1 Å². The minimum atomic E-state index is -4.21. The first-order chi connectivity index (χ1) is 9.79. The van der Waals surface area contributed by atoms with Crippen molar-refractivity contribution >= 4 is 44.3 Å². The maximum Gasteiger partial charge on any atom is 0.335 e. The number of anilines is 1. The van der Waals surface area contributed by atoms with Crippen LogP contribution in [-0.2, 0) is 10.0 Å². The van der Waals surface area contributed by atoms with Crippen LogP contribution in [0.25, 0.3) is 0 Å². The van der Waals surface area contributed by atoms with E-state index in [-0.39, 0.29) is 11.3 Å². The van der Waals surface area contributed by atoms with E-state index < -0.39 is 26.7 Å². The van der Waals surface area contributed by atoms with Gasteiger partial charge in [0.25, 0.3) is 10.0 Å². The number of aromatic carboxylic acids is 1. The largest absolute Gasteiger partial charge is 0.478 e. The lowest BCUT2D eigenvalue weighted by Gasteiger charge is -2.09. The second kappa shape index (κ2) is 5.98. The van der Waals surface area contributed by atoms with Crippen molar-refractivity contribution in [2.75, 3.05) is 4.72 Å². The molecule has 0 fully saturated rings. The lowest BCUT2D eigenvalue weighted by Crippen LogP contribution is -2.15. The van der Waals surface area contributed by atoms with E-state index in [1.54, 1.807) is 18.2 Å². The summed E-state index contributed by atoms with van der Waals surface area (Å²) in [5.74, 6) is -2.35. The lowest BCUT2D eigenvalue weighted by molar-refractivity contribution is 0.0696. The van der Waals surface area contributed by atoms with Crippen LogP contribution in [0.1, 0.15) is 10.4 Å². The van der Waals surface area contributed by atoms with Gasteiger partial charge in [-0.25, -0.2) is 17.6 Å². The van der Waals surface area contributed by atoms with Gasteiger partial charge in [-0.3, -0.25) is 4.72 Å². The third-order valence-electron chi connectivity index (χ3n) is 2.54. The molecule has 110 valence electrons. The summed E-state index contributed by atoms with van der Waals surface area (Å²) in [5.41, 5.74) is -0.0403. The Morgan fingerprint density at radius 3 is 2.52 bits per heavy atom. The SMILES string of the molecule is O=C(O)c1ccc(F)c(S(=O)(=O)Nc2cccc(I)c2)c1. The average molecular weight is 421 g/mol. The molecule has 0 saturated heterocycles. The fraction of sp³-hybridized carbons (Fsp3) is 0. The van der Waals surface area contributed by atoms with Crippen molar-refractivity contribution in [3.05, 3.63) is 57.4 Å². The quantitative estimate of drug-likeness (QED) is 0.744. The zero-order valence-corrected chi connectivity index (χ0v) is 13.4. The van der Waals surface area contributed by atoms with Crippen molar-refractivity contribution in [2.45, 2.75) is 4.90 Å². The van der Waals surface area contributed by atoms with Crippen LogP contribution >= 0.6 is 22.6 Å². The highest BCUT2D eigenvalue weighted by Crippen LogP contribution is 2.21. The molecular weight excluding hydrogens is 412 g/mol. The van der Waals surface area contributed by atoms with Gasteiger partial charge in [0.05, 0.1) is 5.56 Å². The molecule has 0 heterocycles. The Kier molecular flexibility index (Phi) is 4.47. The highest BCUT2D eigenvalue weighted by atomic mass is 127. The van der Waals surface area contributed by atoms with E-state index in [0.717, 1.165) is 21.8 Å². The standard InChI is InChI=1S/C13H9FINO4S/c14-11-5-4-8(13(17)18)6-12(11)21(19,20)16-10-3-1-2-9(15)7-10/h1-7,16H,(H,17,18). The van der Waals surface area contributed by atoms with Gasteiger partial charge in [0.2, 0.25) is 0 Å². The molecule has 2 rings (SSSR count). The van der Waals surface area contributed by atoms with E-state index >= 15 is 0 Å². The maximum atomic E-state index is 13.7. The molecule has 0 spiro atoms. The number of sulfonamides is 1. The van der Waals surface area contributed by atoms with Crippen LogP contribution in [0.15, 0.2) is 47.4 Å². The molecule has 0 saturated carbocycles. The first-order valence-corrected chi connectivity index (χ1v) is 8.17. The van der Waals surface area contributed by atoms with Gasteiger partial charge < -0.3 is 5.11 Å². The predicted molar refractivity (Wildman–Crippen MR) is 83.3 cm³/mol. The predicted octanol–water partition coefficient (Wildman–Crippen LogP) is 2.93. The van der Waals surface area contributed by atoms with Gasteiger partial charge in [-0.05, 0) is 59.0 Å². The molecule has 5 nitrogen and oxygen atoms in total. The molecule has 0 unspecified atom stereocenters. The lowest BCUT2D eigenvalue weighted by atomic mass is 10.2. The number of carboxylic acids is 1. The molecule has 0 radical (unpaired) electrons. The van der Waals surface area contributed by atoms with E-state index in [2.05, 4.69) is 4.72 Å². The molecule has 21 heavy (non-hydrogen) atoms. The van der Waals surface area contributed by atoms with Crippen molar-refractivity contribution in [2.24, 2.45) is 0 Å². The minimum absolute atomic E-state index is 0.266. The Labute approximate surface area is 134 Å². The third kappa shape index (κ3) is 3.70. The normalized spacial score (nSPS) is 11.1. The number of halogens is 2. The Bertz CT molecular complexity index is 808. The van der Waals surface area contributed by atoms with Gasteiger partial charge in [-0.15, -0.1) is 0 Å². The highest BCUT2D eigenvalue weighted by molar-refractivity contribution is 14.1. The number of hydrogen-bond acceptors (Lipinski definition) is 3. The summed E-state index contributed by atoms with van der Waals surface area (Å²) in [5, 5.41) is 8.85. The summed E-state index contributed by atoms with van der Waals surface area (Å²) in [7, 11) is -4.21. The van der Waals surface area contributed by atoms with Crippen LogP contribution in [0.5, 0.6) is 0 Å². The van der Waals surface area contributed by atoms with Gasteiger partial charge >= 0.3 is 5.97 Å². The summed E-state index contributed by atoms with van der Waals surface area (Å²) in [6.07, 6.45) is 0. The van der Waals surface area contributed by atoms with Crippen LogP contribution in [0, 0.1) is 9.39 Å². The Balaban J connectivity index is 2.44. The molecule has 8 heteroatoms. The number of carbonyl (C=O) groups is 1. The second-order valence-corrected chi connectivity index (χ2v) is 6.96.